The third kappa shape index (κ3) is 4.02. The lowest BCUT2D eigenvalue weighted by molar-refractivity contribution is 0.0935. The quantitative estimate of drug-likeness (QED) is 0.493. The molecule has 1 fully saturated rings. The molecule has 0 spiro atoms. The van der Waals surface area contributed by atoms with Crippen LogP contribution in [0, 0.1) is 0 Å². The fourth-order valence-corrected chi connectivity index (χ4v) is 5.21. The molecule has 2 aliphatic rings. The van der Waals surface area contributed by atoms with E-state index >= 15 is 0 Å². The van der Waals surface area contributed by atoms with Crippen LogP contribution in [0.4, 0.5) is 0 Å². The number of amides is 1. The standard InChI is InChI=1S/C27H27N5O/c33-27(29-23-12-19-5-1-2-6-20(19)13-23)26-24-14-21(7-8-25(24)30-31-26)22-11-18(15-28-16-22)17-32-9-3-4-10-32/h1-2,5-8,11,14-16,23H,3-4,9-10,12-13,17H2,(H,29,33)(H,30,31). The summed E-state index contributed by atoms with van der Waals surface area (Å²) in [5.41, 5.74) is 7.27. The molecular formula is C27H27N5O. The van der Waals surface area contributed by atoms with Crippen LogP contribution in [0.15, 0.2) is 60.9 Å². The van der Waals surface area contributed by atoms with Crippen molar-refractivity contribution in [2.75, 3.05) is 13.1 Å². The van der Waals surface area contributed by atoms with E-state index in [0.717, 1.165) is 54.5 Å². The third-order valence-corrected chi connectivity index (χ3v) is 6.90. The Morgan fingerprint density at radius 1 is 1.00 bits per heavy atom. The van der Waals surface area contributed by atoms with Crippen LogP contribution < -0.4 is 5.32 Å². The molecule has 1 saturated heterocycles. The first-order valence-corrected chi connectivity index (χ1v) is 11.8. The fraction of sp³-hybridized carbons (Fsp3) is 0.296. The Balaban J connectivity index is 1.23. The van der Waals surface area contributed by atoms with Gasteiger partial charge in [-0.25, -0.2) is 0 Å². The Kier molecular flexibility index (Phi) is 5.15. The second-order valence-corrected chi connectivity index (χ2v) is 9.25. The van der Waals surface area contributed by atoms with Gasteiger partial charge in [0.2, 0.25) is 0 Å². The number of hydrogen-bond acceptors (Lipinski definition) is 4. The summed E-state index contributed by atoms with van der Waals surface area (Å²) >= 11 is 0. The van der Waals surface area contributed by atoms with Gasteiger partial charge in [-0.05, 0) is 79.2 Å². The molecule has 166 valence electrons. The van der Waals surface area contributed by atoms with E-state index in [2.05, 4.69) is 61.8 Å². The van der Waals surface area contributed by atoms with E-state index in [1.54, 1.807) is 0 Å². The SMILES string of the molecule is O=C(NC1Cc2ccccc2C1)c1n[nH]c2ccc(-c3cncc(CN4CCCC4)c3)cc12. The minimum Gasteiger partial charge on any atom is -0.347 e. The van der Waals surface area contributed by atoms with Gasteiger partial charge in [0, 0.05) is 35.9 Å². The zero-order valence-electron chi connectivity index (χ0n) is 18.6. The number of fused-ring (bicyclic) bond motifs is 2. The summed E-state index contributed by atoms with van der Waals surface area (Å²) < 4.78 is 0. The largest absolute Gasteiger partial charge is 0.347 e. The monoisotopic (exact) mass is 437 g/mol. The Labute approximate surface area is 193 Å². The summed E-state index contributed by atoms with van der Waals surface area (Å²) in [6.07, 6.45) is 8.14. The molecule has 1 aliphatic carbocycles. The molecule has 0 unspecified atom stereocenters. The smallest absolute Gasteiger partial charge is 0.272 e. The average molecular weight is 438 g/mol. The first kappa shape index (κ1) is 20.1. The van der Waals surface area contributed by atoms with E-state index in [1.165, 1.54) is 29.5 Å². The van der Waals surface area contributed by atoms with E-state index in [9.17, 15) is 4.79 Å². The molecular weight excluding hydrogens is 410 g/mol. The molecule has 3 heterocycles. The Morgan fingerprint density at radius 3 is 2.58 bits per heavy atom. The molecule has 4 aromatic rings. The van der Waals surface area contributed by atoms with Crippen LogP contribution in [0.1, 0.15) is 40.0 Å². The first-order valence-electron chi connectivity index (χ1n) is 11.8. The maximum Gasteiger partial charge on any atom is 0.272 e. The summed E-state index contributed by atoms with van der Waals surface area (Å²) in [5, 5.41) is 11.4. The predicted molar refractivity (Wildman–Crippen MR) is 129 cm³/mol. The van der Waals surface area contributed by atoms with Crippen molar-refractivity contribution in [1.29, 1.82) is 0 Å². The number of aromatic nitrogens is 3. The summed E-state index contributed by atoms with van der Waals surface area (Å²) in [6.45, 7) is 3.26. The highest BCUT2D eigenvalue weighted by Crippen LogP contribution is 2.27. The number of rotatable bonds is 5. The van der Waals surface area contributed by atoms with Crippen molar-refractivity contribution < 1.29 is 4.79 Å². The Morgan fingerprint density at radius 2 is 1.79 bits per heavy atom. The number of benzene rings is 2. The van der Waals surface area contributed by atoms with Crippen molar-refractivity contribution in [2.45, 2.75) is 38.3 Å². The average Bonchev–Trinajstić information content (AvgIpc) is 3.58. The molecule has 2 aromatic carbocycles. The second kappa shape index (κ2) is 8.45. The van der Waals surface area contributed by atoms with Crippen LogP contribution in [0.2, 0.25) is 0 Å². The van der Waals surface area contributed by atoms with E-state index in [-0.39, 0.29) is 11.9 Å². The third-order valence-electron chi connectivity index (χ3n) is 6.90. The number of nitrogens with one attached hydrogen (secondary N) is 2. The topological polar surface area (TPSA) is 73.9 Å². The maximum atomic E-state index is 13.1. The van der Waals surface area contributed by atoms with Crippen LogP contribution in [0.5, 0.6) is 0 Å². The molecule has 6 heteroatoms. The lowest BCUT2D eigenvalue weighted by Crippen LogP contribution is -2.35. The molecule has 6 rings (SSSR count). The first-order chi connectivity index (χ1) is 16.2. The highest BCUT2D eigenvalue weighted by atomic mass is 16.2. The molecule has 1 aliphatic heterocycles. The number of hydrogen-bond donors (Lipinski definition) is 2. The molecule has 33 heavy (non-hydrogen) atoms. The Hall–Kier alpha value is -3.51. The summed E-state index contributed by atoms with van der Waals surface area (Å²) in [4.78, 5) is 20.1. The van der Waals surface area contributed by atoms with Gasteiger partial charge < -0.3 is 5.32 Å². The van der Waals surface area contributed by atoms with Gasteiger partial charge in [0.05, 0.1) is 5.52 Å². The van der Waals surface area contributed by atoms with Crippen molar-refractivity contribution in [3.8, 4) is 11.1 Å². The van der Waals surface area contributed by atoms with Gasteiger partial charge in [-0.2, -0.15) is 5.10 Å². The molecule has 1 amide bonds. The molecule has 0 atom stereocenters. The Bertz CT molecular complexity index is 1300. The van der Waals surface area contributed by atoms with Crippen LogP contribution in [-0.2, 0) is 19.4 Å². The van der Waals surface area contributed by atoms with Gasteiger partial charge in [-0.1, -0.05) is 30.3 Å². The van der Waals surface area contributed by atoms with Crippen molar-refractivity contribution in [3.05, 3.63) is 83.3 Å². The lowest BCUT2D eigenvalue weighted by Gasteiger charge is -2.15. The summed E-state index contributed by atoms with van der Waals surface area (Å²) in [6, 6.07) is 16.8. The zero-order chi connectivity index (χ0) is 22.2. The van der Waals surface area contributed by atoms with E-state index < -0.39 is 0 Å². The highest BCUT2D eigenvalue weighted by molar-refractivity contribution is 6.05. The van der Waals surface area contributed by atoms with Crippen LogP contribution >= 0.6 is 0 Å². The van der Waals surface area contributed by atoms with Crippen molar-refractivity contribution >= 4 is 16.8 Å². The molecule has 2 aromatic heterocycles. The molecule has 2 N–H and O–H groups in total. The zero-order valence-corrected chi connectivity index (χ0v) is 18.6. The van der Waals surface area contributed by atoms with Gasteiger partial charge in [-0.3, -0.25) is 19.8 Å². The number of aromatic amines is 1. The van der Waals surface area contributed by atoms with E-state index in [0.29, 0.717) is 5.69 Å². The molecule has 0 saturated carbocycles. The number of pyridine rings is 1. The van der Waals surface area contributed by atoms with Gasteiger partial charge in [0.15, 0.2) is 5.69 Å². The van der Waals surface area contributed by atoms with Gasteiger partial charge in [0.1, 0.15) is 0 Å². The van der Waals surface area contributed by atoms with Crippen molar-refractivity contribution in [3.63, 3.8) is 0 Å². The fourth-order valence-electron chi connectivity index (χ4n) is 5.21. The molecule has 0 radical (unpaired) electrons. The number of carbonyl (C=O) groups is 1. The van der Waals surface area contributed by atoms with Gasteiger partial charge in [0.25, 0.3) is 5.91 Å². The van der Waals surface area contributed by atoms with Gasteiger partial charge >= 0.3 is 0 Å². The number of H-pyrrole nitrogens is 1. The normalized spacial score (nSPS) is 16.4. The van der Waals surface area contributed by atoms with Gasteiger partial charge in [-0.15, -0.1) is 0 Å². The number of carbonyl (C=O) groups excluding carboxylic acids is 1. The van der Waals surface area contributed by atoms with Crippen LogP contribution in [0.3, 0.4) is 0 Å². The number of nitrogens with zero attached hydrogens (tertiary/aromatic N) is 3. The highest BCUT2D eigenvalue weighted by Gasteiger charge is 2.24. The van der Waals surface area contributed by atoms with Crippen molar-refractivity contribution in [2.24, 2.45) is 0 Å². The number of likely N-dealkylation sites (tertiary alicyclic amines) is 1. The second-order valence-electron chi connectivity index (χ2n) is 9.25. The minimum atomic E-state index is -0.128. The van der Waals surface area contributed by atoms with Crippen LogP contribution in [-0.4, -0.2) is 45.1 Å². The summed E-state index contributed by atoms with van der Waals surface area (Å²) in [7, 11) is 0. The van der Waals surface area contributed by atoms with Crippen molar-refractivity contribution in [1.82, 2.24) is 25.4 Å². The predicted octanol–water partition coefficient (Wildman–Crippen LogP) is 4.12. The van der Waals surface area contributed by atoms with E-state index in [4.69, 9.17) is 0 Å². The summed E-state index contributed by atoms with van der Waals surface area (Å²) in [5.74, 6) is -0.128. The molecule has 0 bridgehead atoms. The van der Waals surface area contributed by atoms with Crippen LogP contribution in [0.25, 0.3) is 22.0 Å². The molecule has 6 nitrogen and oxygen atoms in total. The lowest BCUT2D eigenvalue weighted by atomic mass is 10.0. The van der Waals surface area contributed by atoms with E-state index in [1.807, 2.05) is 24.5 Å². The maximum absolute atomic E-state index is 13.1. The minimum absolute atomic E-state index is 0.108.